The van der Waals surface area contributed by atoms with E-state index in [0.717, 1.165) is 6.04 Å². The number of hydrogen-bond acceptors (Lipinski definition) is 3. The van der Waals surface area contributed by atoms with Crippen molar-refractivity contribution in [2.45, 2.75) is 25.7 Å². The number of H-pyrrole nitrogens is 1. The van der Waals surface area contributed by atoms with E-state index in [-0.39, 0.29) is 11.8 Å². The molecule has 0 amide bonds. The van der Waals surface area contributed by atoms with Crippen LogP contribution in [0.2, 0.25) is 25.7 Å². The van der Waals surface area contributed by atoms with Gasteiger partial charge in [0.25, 0.3) is 0 Å². The van der Waals surface area contributed by atoms with Gasteiger partial charge in [0, 0.05) is 20.5 Å². The number of aromatic nitrogens is 2. The van der Waals surface area contributed by atoms with Crippen molar-refractivity contribution in [3.63, 3.8) is 0 Å². The van der Waals surface area contributed by atoms with Crippen LogP contribution < -0.4 is 0 Å². The van der Waals surface area contributed by atoms with Gasteiger partial charge in [0.1, 0.15) is 0 Å². The van der Waals surface area contributed by atoms with E-state index in [1.807, 2.05) is 0 Å². The predicted octanol–water partition coefficient (Wildman–Crippen LogP) is 1.90. The van der Waals surface area contributed by atoms with E-state index in [0.29, 0.717) is 6.61 Å². The summed E-state index contributed by atoms with van der Waals surface area (Å²) < 4.78 is 5.06. The molecule has 5 heteroatoms. The van der Waals surface area contributed by atoms with Gasteiger partial charge in [-0.1, -0.05) is 19.6 Å². The van der Waals surface area contributed by atoms with Gasteiger partial charge >= 0.3 is 5.97 Å². The molecule has 1 heterocycles. The number of rotatable bonds is 4. The average Bonchev–Trinajstić information content (AvgIpc) is 2.53. The maximum Gasteiger partial charge on any atom is 0.374 e. The summed E-state index contributed by atoms with van der Waals surface area (Å²) in [5.41, 5.74) is 0. The first kappa shape index (κ1) is 11.0. The van der Waals surface area contributed by atoms with Crippen molar-refractivity contribution in [2.24, 2.45) is 0 Å². The summed E-state index contributed by atoms with van der Waals surface area (Å²) in [4.78, 5) is 17.8. The smallest absolute Gasteiger partial charge is 0.374 e. The summed E-state index contributed by atoms with van der Waals surface area (Å²) in [5, 5.41) is 0. The zero-order valence-corrected chi connectivity index (χ0v) is 9.83. The van der Waals surface area contributed by atoms with E-state index in [1.165, 1.54) is 6.20 Å². The fourth-order valence-corrected chi connectivity index (χ4v) is 1.61. The summed E-state index contributed by atoms with van der Waals surface area (Å²) in [6.45, 7) is 7.23. The van der Waals surface area contributed by atoms with Crippen molar-refractivity contribution >= 4 is 14.0 Å². The highest BCUT2D eigenvalue weighted by Gasteiger charge is 2.15. The second-order valence-electron chi connectivity index (χ2n) is 4.38. The van der Waals surface area contributed by atoms with Crippen LogP contribution in [0.3, 0.4) is 0 Å². The lowest BCUT2D eigenvalue weighted by atomic mass is 10.6. The SMILES string of the molecule is C[Si](C)(C)CCOC(=O)c1ncc[nH]1. The van der Waals surface area contributed by atoms with E-state index in [1.54, 1.807) is 6.20 Å². The van der Waals surface area contributed by atoms with Gasteiger partial charge in [-0.05, 0) is 6.04 Å². The van der Waals surface area contributed by atoms with Crippen molar-refractivity contribution < 1.29 is 9.53 Å². The van der Waals surface area contributed by atoms with Crippen molar-refractivity contribution in [2.75, 3.05) is 6.61 Å². The first-order valence-corrected chi connectivity index (χ1v) is 8.36. The third-order valence-electron chi connectivity index (χ3n) is 1.78. The quantitative estimate of drug-likeness (QED) is 0.612. The van der Waals surface area contributed by atoms with Crippen molar-refractivity contribution in [3.8, 4) is 0 Å². The molecule has 1 N–H and O–H groups in total. The van der Waals surface area contributed by atoms with Gasteiger partial charge in [0.2, 0.25) is 5.82 Å². The van der Waals surface area contributed by atoms with Crippen LogP contribution in [0.25, 0.3) is 0 Å². The number of carbonyl (C=O) groups is 1. The minimum absolute atomic E-state index is 0.278. The molecule has 0 fully saturated rings. The Labute approximate surface area is 84.7 Å². The molecular formula is C9H16N2O2Si. The van der Waals surface area contributed by atoms with Crippen LogP contribution in [0.1, 0.15) is 10.6 Å². The summed E-state index contributed by atoms with van der Waals surface area (Å²) in [7, 11) is -1.12. The fraction of sp³-hybridized carbons (Fsp3) is 0.556. The first-order chi connectivity index (χ1) is 6.49. The Hall–Kier alpha value is -1.10. The highest BCUT2D eigenvalue weighted by atomic mass is 28.3. The van der Waals surface area contributed by atoms with Crippen LogP contribution in [0.5, 0.6) is 0 Å². The topological polar surface area (TPSA) is 55.0 Å². The first-order valence-electron chi connectivity index (χ1n) is 4.65. The molecule has 78 valence electrons. The molecule has 1 aromatic heterocycles. The number of hydrogen-bond donors (Lipinski definition) is 1. The lowest BCUT2D eigenvalue weighted by Crippen LogP contribution is -2.22. The third kappa shape index (κ3) is 3.74. The number of imidazole rings is 1. The predicted molar refractivity (Wildman–Crippen MR) is 57.0 cm³/mol. The Balaban J connectivity index is 2.30. The second-order valence-corrected chi connectivity index (χ2v) is 10.0. The van der Waals surface area contributed by atoms with Gasteiger partial charge in [-0.2, -0.15) is 0 Å². The van der Waals surface area contributed by atoms with Gasteiger partial charge in [-0.3, -0.25) is 0 Å². The summed E-state index contributed by atoms with van der Waals surface area (Å²) in [5.74, 6) is -0.0891. The number of carbonyl (C=O) groups excluding carboxylic acids is 1. The molecule has 0 atom stereocenters. The van der Waals surface area contributed by atoms with Crippen LogP contribution >= 0.6 is 0 Å². The van der Waals surface area contributed by atoms with Crippen molar-refractivity contribution in [1.82, 2.24) is 9.97 Å². The van der Waals surface area contributed by atoms with Crippen LogP contribution in [0.4, 0.5) is 0 Å². The number of esters is 1. The lowest BCUT2D eigenvalue weighted by Gasteiger charge is -2.14. The molecule has 14 heavy (non-hydrogen) atoms. The Morgan fingerprint density at radius 3 is 2.79 bits per heavy atom. The molecule has 0 bridgehead atoms. The monoisotopic (exact) mass is 212 g/mol. The molecule has 1 rings (SSSR count). The molecule has 0 aliphatic carbocycles. The summed E-state index contributed by atoms with van der Waals surface area (Å²) in [6.07, 6.45) is 3.14. The minimum Gasteiger partial charge on any atom is -0.460 e. The Morgan fingerprint density at radius 1 is 1.57 bits per heavy atom. The maximum atomic E-state index is 11.3. The van der Waals surface area contributed by atoms with Crippen LogP contribution in [-0.2, 0) is 4.74 Å². The van der Waals surface area contributed by atoms with E-state index in [4.69, 9.17) is 4.74 Å². The molecule has 0 aromatic carbocycles. The second kappa shape index (κ2) is 4.41. The van der Waals surface area contributed by atoms with Gasteiger partial charge < -0.3 is 9.72 Å². The Morgan fingerprint density at radius 2 is 2.29 bits per heavy atom. The van der Waals surface area contributed by atoms with Gasteiger partial charge in [0.05, 0.1) is 6.61 Å². The number of ether oxygens (including phenoxy) is 1. The van der Waals surface area contributed by atoms with Gasteiger partial charge in [0.15, 0.2) is 0 Å². The van der Waals surface area contributed by atoms with Gasteiger partial charge in [-0.15, -0.1) is 0 Å². The molecule has 1 aromatic rings. The molecule has 4 nitrogen and oxygen atoms in total. The molecule has 0 saturated heterocycles. The standard InChI is InChI=1S/C9H16N2O2Si/c1-14(2,3)7-6-13-9(12)8-10-4-5-11-8/h4-5H,6-7H2,1-3H3,(H,10,11). The summed E-state index contributed by atoms with van der Waals surface area (Å²) in [6, 6.07) is 0.986. The van der Waals surface area contributed by atoms with E-state index < -0.39 is 8.07 Å². The average molecular weight is 212 g/mol. The van der Waals surface area contributed by atoms with Gasteiger partial charge in [-0.25, -0.2) is 9.78 Å². The summed E-state index contributed by atoms with van der Waals surface area (Å²) >= 11 is 0. The molecular weight excluding hydrogens is 196 g/mol. The van der Waals surface area contributed by atoms with Crippen LogP contribution in [-0.4, -0.2) is 30.6 Å². The van der Waals surface area contributed by atoms with Crippen LogP contribution in [0, 0.1) is 0 Å². The van der Waals surface area contributed by atoms with E-state index >= 15 is 0 Å². The molecule has 0 spiro atoms. The van der Waals surface area contributed by atoms with Crippen molar-refractivity contribution in [1.29, 1.82) is 0 Å². The Kier molecular flexibility index (Phi) is 3.46. The molecule has 0 unspecified atom stereocenters. The Bertz CT molecular complexity index is 290. The van der Waals surface area contributed by atoms with Crippen LogP contribution in [0.15, 0.2) is 12.4 Å². The highest BCUT2D eigenvalue weighted by molar-refractivity contribution is 6.76. The fourth-order valence-electron chi connectivity index (χ4n) is 0.895. The number of nitrogens with zero attached hydrogens (tertiary/aromatic N) is 1. The van der Waals surface area contributed by atoms with E-state index in [9.17, 15) is 4.79 Å². The largest absolute Gasteiger partial charge is 0.460 e. The minimum atomic E-state index is -1.12. The number of aromatic amines is 1. The zero-order chi connectivity index (χ0) is 10.6. The lowest BCUT2D eigenvalue weighted by molar-refractivity contribution is 0.0512. The van der Waals surface area contributed by atoms with E-state index in [2.05, 4.69) is 29.6 Å². The third-order valence-corrected chi connectivity index (χ3v) is 3.48. The molecule has 0 aliphatic heterocycles. The normalized spacial score (nSPS) is 11.4. The molecule has 0 saturated carbocycles. The maximum absolute atomic E-state index is 11.3. The highest BCUT2D eigenvalue weighted by Crippen LogP contribution is 2.08. The number of nitrogens with one attached hydrogen (secondary N) is 1. The van der Waals surface area contributed by atoms with Crippen molar-refractivity contribution in [3.05, 3.63) is 18.2 Å². The zero-order valence-electron chi connectivity index (χ0n) is 8.83. The molecule has 0 aliphatic rings. The molecule has 0 radical (unpaired) electrons.